The van der Waals surface area contributed by atoms with Gasteiger partial charge in [0, 0.05) is 24.5 Å². The second-order valence-electron chi connectivity index (χ2n) is 5.94. The Morgan fingerprint density at radius 2 is 1.89 bits per heavy atom. The lowest BCUT2D eigenvalue weighted by atomic mass is 9.81. The molecule has 0 aromatic rings. The molecule has 18 heavy (non-hydrogen) atoms. The Bertz CT molecular complexity index is 275. The summed E-state index contributed by atoms with van der Waals surface area (Å²) in [5, 5.41) is 12.4. The van der Waals surface area contributed by atoms with E-state index in [4.69, 9.17) is 5.73 Å². The van der Waals surface area contributed by atoms with Crippen molar-refractivity contribution in [3.8, 4) is 0 Å². The summed E-state index contributed by atoms with van der Waals surface area (Å²) in [5.74, 6) is 1.27. The number of rotatable bonds is 4. The Hall–Kier alpha value is -0.610. The molecule has 2 saturated carbocycles. The highest BCUT2D eigenvalue weighted by molar-refractivity contribution is 5.79. The quantitative estimate of drug-likeness (QED) is 0.701. The van der Waals surface area contributed by atoms with E-state index in [1.54, 1.807) is 0 Å². The molecule has 2 aliphatic rings. The maximum absolute atomic E-state index is 12.2. The van der Waals surface area contributed by atoms with Gasteiger partial charge in [0.15, 0.2) is 0 Å². The van der Waals surface area contributed by atoms with E-state index < -0.39 is 0 Å². The number of aliphatic hydroxyl groups excluding tert-OH is 1. The van der Waals surface area contributed by atoms with Crippen LogP contribution in [-0.2, 0) is 4.79 Å². The van der Waals surface area contributed by atoms with Gasteiger partial charge in [0.2, 0.25) is 5.91 Å². The van der Waals surface area contributed by atoms with Gasteiger partial charge in [-0.1, -0.05) is 6.42 Å². The minimum atomic E-state index is 0.174. The fraction of sp³-hybridized carbons (Fsp3) is 0.929. The van der Waals surface area contributed by atoms with E-state index in [1.165, 1.54) is 0 Å². The van der Waals surface area contributed by atoms with Crippen molar-refractivity contribution in [1.82, 2.24) is 5.32 Å². The van der Waals surface area contributed by atoms with Crippen molar-refractivity contribution in [3.63, 3.8) is 0 Å². The van der Waals surface area contributed by atoms with Crippen molar-refractivity contribution in [2.45, 2.75) is 51.0 Å². The van der Waals surface area contributed by atoms with Gasteiger partial charge in [0.05, 0.1) is 0 Å². The van der Waals surface area contributed by atoms with E-state index >= 15 is 0 Å². The molecule has 4 heteroatoms. The topological polar surface area (TPSA) is 75.4 Å². The van der Waals surface area contributed by atoms with Crippen LogP contribution in [0.4, 0.5) is 0 Å². The van der Waals surface area contributed by atoms with Crippen LogP contribution in [0.25, 0.3) is 0 Å². The molecule has 1 amide bonds. The summed E-state index contributed by atoms with van der Waals surface area (Å²) < 4.78 is 0. The predicted molar refractivity (Wildman–Crippen MR) is 70.9 cm³/mol. The molecule has 0 radical (unpaired) electrons. The molecule has 0 aromatic carbocycles. The van der Waals surface area contributed by atoms with Gasteiger partial charge in [-0.3, -0.25) is 4.79 Å². The highest BCUT2D eigenvalue weighted by Crippen LogP contribution is 2.30. The Labute approximate surface area is 109 Å². The van der Waals surface area contributed by atoms with Gasteiger partial charge >= 0.3 is 0 Å². The number of amides is 1. The lowest BCUT2D eigenvalue weighted by Gasteiger charge is -2.28. The van der Waals surface area contributed by atoms with Crippen molar-refractivity contribution in [1.29, 1.82) is 0 Å². The summed E-state index contributed by atoms with van der Waals surface area (Å²) in [4.78, 5) is 12.2. The third kappa shape index (κ3) is 3.23. The largest absolute Gasteiger partial charge is 0.396 e. The Morgan fingerprint density at radius 3 is 2.50 bits per heavy atom. The molecule has 4 nitrogen and oxygen atoms in total. The normalized spacial score (nSPS) is 36.6. The summed E-state index contributed by atoms with van der Waals surface area (Å²) in [7, 11) is 0. The van der Waals surface area contributed by atoms with E-state index in [0.717, 1.165) is 51.5 Å². The van der Waals surface area contributed by atoms with Crippen LogP contribution >= 0.6 is 0 Å². The molecule has 2 atom stereocenters. The zero-order chi connectivity index (χ0) is 13.0. The Kier molecular flexibility index (Phi) is 5.01. The van der Waals surface area contributed by atoms with Gasteiger partial charge in [-0.15, -0.1) is 0 Å². The number of carbonyl (C=O) groups excluding carboxylic acids is 1. The van der Waals surface area contributed by atoms with E-state index in [1.807, 2.05) is 0 Å². The van der Waals surface area contributed by atoms with Crippen LogP contribution in [0, 0.1) is 17.8 Å². The number of carbonyl (C=O) groups is 1. The zero-order valence-corrected chi connectivity index (χ0v) is 11.1. The third-order valence-corrected chi connectivity index (χ3v) is 4.77. The molecule has 0 bridgehead atoms. The van der Waals surface area contributed by atoms with Crippen LogP contribution < -0.4 is 11.1 Å². The lowest BCUT2D eigenvalue weighted by molar-refractivity contribution is -0.127. The summed E-state index contributed by atoms with van der Waals surface area (Å²) in [6, 6.07) is 0.203. The third-order valence-electron chi connectivity index (χ3n) is 4.77. The molecule has 0 saturated heterocycles. The van der Waals surface area contributed by atoms with Crippen LogP contribution in [0.1, 0.15) is 44.9 Å². The van der Waals surface area contributed by atoms with E-state index in [-0.39, 0.29) is 30.4 Å². The minimum Gasteiger partial charge on any atom is -0.396 e. The first-order valence-corrected chi connectivity index (χ1v) is 7.36. The molecule has 0 spiro atoms. The summed E-state index contributed by atoms with van der Waals surface area (Å²) in [5.41, 5.74) is 5.66. The van der Waals surface area contributed by atoms with Crippen molar-refractivity contribution in [2.24, 2.45) is 23.5 Å². The molecule has 4 N–H and O–H groups in total. The van der Waals surface area contributed by atoms with Crippen molar-refractivity contribution in [2.75, 3.05) is 13.2 Å². The Balaban J connectivity index is 1.78. The van der Waals surface area contributed by atoms with Crippen LogP contribution in [0.3, 0.4) is 0 Å². The number of nitrogens with one attached hydrogen (secondary N) is 1. The van der Waals surface area contributed by atoms with Crippen molar-refractivity contribution in [3.05, 3.63) is 0 Å². The summed E-state index contributed by atoms with van der Waals surface area (Å²) in [6.07, 6.45) is 7.31. The fourth-order valence-corrected chi connectivity index (χ4v) is 3.41. The first-order chi connectivity index (χ1) is 8.74. The summed E-state index contributed by atoms with van der Waals surface area (Å²) in [6.45, 7) is 0.953. The van der Waals surface area contributed by atoms with Crippen LogP contribution in [0.2, 0.25) is 0 Å². The smallest absolute Gasteiger partial charge is 0.223 e. The molecule has 2 aliphatic carbocycles. The Morgan fingerprint density at radius 1 is 1.17 bits per heavy atom. The molecule has 2 unspecified atom stereocenters. The van der Waals surface area contributed by atoms with E-state index in [0.29, 0.717) is 5.92 Å². The first-order valence-electron chi connectivity index (χ1n) is 7.36. The number of aliphatic hydroxyl groups is 1. The van der Waals surface area contributed by atoms with Crippen LogP contribution in [0.5, 0.6) is 0 Å². The van der Waals surface area contributed by atoms with Crippen LogP contribution in [-0.4, -0.2) is 30.2 Å². The highest BCUT2D eigenvalue weighted by atomic mass is 16.3. The number of hydrogen-bond acceptors (Lipinski definition) is 3. The lowest BCUT2D eigenvalue weighted by Crippen LogP contribution is -2.42. The monoisotopic (exact) mass is 254 g/mol. The van der Waals surface area contributed by atoms with Crippen molar-refractivity contribution < 1.29 is 9.90 Å². The molecule has 0 aliphatic heterocycles. The molecule has 104 valence electrons. The molecular weight excluding hydrogens is 228 g/mol. The van der Waals surface area contributed by atoms with E-state index in [9.17, 15) is 9.90 Å². The van der Waals surface area contributed by atoms with Gasteiger partial charge in [-0.25, -0.2) is 0 Å². The molecule has 2 fully saturated rings. The average Bonchev–Trinajstić information content (AvgIpc) is 2.86. The predicted octanol–water partition coefficient (Wildman–Crippen LogP) is 1.03. The van der Waals surface area contributed by atoms with E-state index in [2.05, 4.69) is 5.32 Å². The molecular formula is C14H26N2O2. The number of hydrogen-bond donors (Lipinski definition) is 3. The standard InChI is InChI=1S/C14H26N2O2/c15-8-10-4-6-11(7-5-10)14(18)16-13-3-1-2-12(13)9-17/h10-13,17H,1-9,15H2,(H,16,18). The molecule has 2 rings (SSSR count). The molecule has 0 aromatic heterocycles. The summed E-state index contributed by atoms with van der Waals surface area (Å²) >= 11 is 0. The van der Waals surface area contributed by atoms with Crippen molar-refractivity contribution >= 4 is 5.91 Å². The second-order valence-corrected chi connectivity index (χ2v) is 5.94. The van der Waals surface area contributed by atoms with Gasteiger partial charge in [0.25, 0.3) is 0 Å². The SMILES string of the molecule is NCC1CCC(C(=O)NC2CCCC2CO)CC1. The average molecular weight is 254 g/mol. The van der Waals surface area contributed by atoms with Gasteiger partial charge in [-0.05, 0) is 51.0 Å². The minimum absolute atomic E-state index is 0.174. The maximum atomic E-state index is 12.2. The molecule has 0 heterocycles. The van der Waals surface area contributed by atoms with Gasteiger partial charge in [0.1, 0.15) is 0 Å². The van der Waals surface area contributed by atoms with Gasteiger partial charge < -0.3 is 16.2 Å². The van der Waals surface area contributed by atoms with Gasteiger partial charge in [-0.2, -0.15) is 0 Å². The van der Waals surface area contributed by atoms with Crippen LogP contribution in [0.15, 0.2) is 0 Å². The second kappa shape index (κ2) is 6.53. The maximum Gasteiger partial charge on any atom is 0.223 e. The highest BCUT2D eigenvalue weighted by Gasteiger charge is 2.31. The number of nitrogens with two attached hydrogens (primary N) is 1. The first kappa shape index (κ1) is 13.8. The zero-order valence-electron chi connectivity index (χ0n) is 11.1. The fourth-order valence-electron chi connectivity index (χ4n) is 3.41.